The summed E-state index contributed by atoms with van der Waals surface area (Å²) in [4.78, 5) is 0. The molecule has 0 aliphatic heterocycles. The molecule has 0 fully saturated rings. The molecule has 0 aliphatic carbocycles. The van der Waals surface area contributed by atoms with E-state index >= 15 is 0 Å². The van der Waals surface area contributed by atoms with E-state index in [1.165, 1.54) is 5.56 Å². The van der Waals surface area contributed by atoms with Crippen LogP contribution in [0.25, 0.3) is 0 Å². The zero-order valence-corrected chi connectivity index (χ0v) is 13.2. The van der Waals surface area contributed by atoms with E-state index in [4.69, 9.17) is 14.2 Å². The van der Waals surface area contributed by atoms with E-state index in [0.29, 0.717) is 19.3 Å². The molecule has 0 atom stereocenters. The molecule has 0 heterocycles. The van der Waals surface area contributed by atoms with Crippen LogP contribution in [-0.2, 0) is 11.3 Å². The van der Waals surface area contributed by atoms with E-state index in [2.05, 4.69) is 25.2 Å². The van der Waals surface area contributed by atoms with E-state index in [0.717, 1.165) is 18.0 Å². The lowest BCUT2D eigenvalue weighted by atomic mass is 10.2. The second-order valence-corrected chi connectivity index (χ2v) is 5.29. The Kier molecular flexibility index (Phi) is 7.41. The summed E-state index contributed by atoms with van der Waals surface area (Å²) in [6.07, 6.45) is 0.227. The van der Waals surface area contributed by atoms with Gasteiger partial charge in [-0.05, 0) is 31.5 Å². The van der Waals surface area contributed by atoms with Gasteiger partial charge in [-0.25, -0.2) is 0 Å². The van der Waals surface area contributed by atoms with Crippen LogP contribution >= 0.6 is 0 Å². The van der Waals surface area contributed by atoms with E-state index in [1.54, 1.807) is 7.11 Å². The molecule has 1 N–H and O–H groups in total. The van der Waals surface area contributed by atoms with E-state index < -0.39 is 0 Å². The number of benzene rings is 1. The molecule has 4 heteroatoms. The van der Waals surface area contributed by atoms with Gasteiger partial charge in [0.1, 0.15) is 6.61 Å². The number of methoxy groups -OCH3 is 1. The predicted molar refractivity (Wildman–Crippen MR) is 81.6 cm³/mol. The molecule has 1 aromatic rings. The van der Waals surface area contributed by atoms with Gasteiger partial charge in [-0.3, -0.25) is 0 Å². The van der Waals surface area contributed by atoms with Crippen LogP contribution in [0.1, 0.15) is 33.3 Å². The minimum Gasteiger partial charge on any atom is -0.493 e. The van der Waals surface area contributed by atoms with Crippen LogP contribution in [-0.4, -0.2) is 32.5 Å². The van der Waals surface area contributed by atoms with Crippen LogP contribution in [0.2, 0.25) is 0 Å². The second-order valence-electron chi connectivity index (χ2n) is 5.29. The van der Waals surface area contributed by atoms with Gasteiger partial charge >= 0.3 is 0 Å². The largest absolute Gasteiger partial charge is 0.493 e. The molecule has 0 saturated carbocycles. The Morgan fingerprint density at radius 3 is 2.40 bits per heavy atom. The van der Waals surface area contributed by atoms with Crippen molar-refractivity contribution >= 4 is 0 Å². The average molecular weight is 281 g/mol. The van der Waals surface area contributed by atoms with Gasteiger partial charge in [0.25, 0.3) is 0 Å². The normalized spacial score (nSPS) is 11.2. The molecule has 20 heavy (non-hydrogen) atoms. The van der Waals surface area contributed by atoms with Crippen LogP contribution in [0, 0.1) is 0 Å². The molecule has 1 aromatic carbocycles. The van der Waals surface area contributed by atoms with E-state index in [1.807, 2.05) is 26.0 Å². The SMILES string of the molecule is COc1cc(CNC(C)C)ccc1OCCOC(C)C. The van der Waals surface area contributed by atoms with Gasteiger partial charge in [0, 0.05) is 12.6 Å². The topological polar surface area (TPSA) is 39.7 Å². The Hall–Kier alpha value is -1.26. The predicted octanol–water partition coefficient (Wildman–Crippen LogP) is 3.00. The molecule has 0 spiro atoms. The molecule has 0 amide bonds. The molecule has 0 radical (unpaired) electrons. The summed E-state index contributed by atoms with van der Waals surface area (Å²) in [5.41, 5.74) is 1.18. The monoisotopic (exact) mass is 281 g/mol. The van der Waals surface area contributed by atoms with Crippen molar-refractivity contribution in [3.05, 3.63) is 23.8 Å². The Morgan fingerprint density at radius 2 is 1.80 bits per heavy atom. The van der Waals surface area contributed by atoms with Crippen molar-refractivity contribution in [2.24, 2.45) is 0 Å². The van der Waals surface area contributed by atoms with Crippen LogP contribution in [0.4, 0.5) is 0 Å². The first-order valence-corrected chi connectivity index (χ1v) is 7.17. The summed E-state index contributed by atoms with van der Waals surface area (Å²) in [5, 5.41) is 3.38. The third-order valence-electron chi connectivity index (χ3n) is 2.73. The van der Waals surface area contributed by atoms with Crippen molar-refractivity contribution in [2.45, 2.75) is 46.4 Å². The van der Waals surface area contributed by atoms with Crippen LogP contribution in [0.5, 0.6) is 11.5 Å². The van der Waals surface area contributed by atoms with Gasteiger partial charge in [0.2, 0.25) is 0 Å². The first-order chi connectivity index (χ1) is 9.52. The minimum atomic E-state index is 0.227. The van der Waals surface area contributed by atoms with Gasteiger partial charge in [0.05, 0.1) is 19.8 Å². The average Bonchev–Trinajstić information content (AvgIpc) is 2.41. The molecule has 0 unspecified atom stereocenters. The van der Waals surface area contributed by atoms with Crippen LogP contribution in [0.3, 0.4) is 0 Å². The Balaban J connectivity index is 2.54. The highest BCUT2D eigenvalue weighted by Gasteiger charge is 2.06. The fraction of sp³-hybridized carbons (Fsp3) is 0.625. The lowest BCUT2D eigenvalue weighted by Gasteiger charge is -2.14. The highest BCUT2D eigenvalue weighted by molar-refractivity contribution is 5.42. The molecule has 0 saturated heterocycles. The smallest absolute Gasteiger partial charge is 0.161 e. The van der Waals surface area contributed by atoms with Gasteiger partial charge in [-0.1, -0.05) is 19.9 Å². The third kappa shape index (κ3) is 6.26. The van der Waals surface area contributed by atoms with Crippen molar-refractivity contribution in [1.82, 2.24) is 5.32 Å². The molecule has 1 rings (SSSR count). The zero-order chi connectivity index (χ0) is 15.0. The summed E-state index contributed by atoms with van der Waals surface area (Å²) < 4.78 is 16.5. The summed E-state index contributed by atoms with van der Waals surface area (Å²) in [5.74, 6) is 1.52. The van der Waals surface area contributed by atoms with E-state index in [-0.39, 0.29) is 6.10 Å². The third-order valence-corrected chi connectivity index (χ3v) is 2.73. The molecule has 0 bridgehead atoms. The second kappa shape index (κ2) is 8.82. The maximum absolute atomic E-state index is 5.69. The zero-order valence-electron chi connectivity index (χ0n) is 13.2. The first kappa shape index (κ1) is 16.8. The Bertz CT molecular complexity index is 391. The van der Waals surface area contributed by atoms with Crippen molar-refractivity contribution in [1.29, 1.82) is 0 Å². The highest BCUT2D eigenvalue weighted by Crippen LogP contribution is 2.28. The van der Waals surface area contributed by atoms with Crippen molar-refractivity contribution in [3.8, 4) is 11.5 Å². The standard InChI is InChI=1S/C16H27NO3/c1-12(2)17-11-14-6-7-15(16(10-14)18-5)20-9-8-19-13(3)4/h6-7,10,12-13,17H,8-9,11H2,1-5H3. The van der Waals surface area contributed by atoms with Crippen molar-refractivity contribution in [2.75, 3.05) is 20.3 Å². The summed E-state index contributed by atoms with van der Waals surface area (Å²) in [6, 6.07) is 6.47. The molecule has 0 aliphatic rings. The van der Waals surface area contributed by atoms with Crippen LogP contribution < -0.4 is 14.8 Å². The molecule has 114 valence electrons. The molecular formula is C16H27NO3. The minimum absolute atomic E-state index is 0.227. The summed E-state index contributed by atoms with van der Waals surface area (Å²) in [6.45, 7) is 10.2. The first-order valence-electron chi connectivity index (χ1n) is 7.17. The fourth-order valence-corrected chi connectivity index (χ4v) is 1.70. The Labute approximate surface area is 122 Å². The number of hydrogen-bond acceptors (Lipinski definition) is 4. The van der Waals surface area contributed by atoms with E-state index in [9.17, 15) is 0 Å². The quantitative estimate of drug-likeness (QED) is 0.706. The van der Waals surface area contributed by atoms with Gasteiger partial charge in [0.15, 0.2) is 11.5 Å². The molecule has 4 nitrogen and oxygen atoms in total. The van der Waals surface area contributed by atoms with Crippen LogP contribution in [0.15, 0.2) is 18.2 Å². The number of nitrogens with one attached hydrogen (secondary N) is 1. The van der Waals surface area contributed by atoms with Gasteiger partial charge in [-0.15, -0.1) is 0 Å². The van der Waals surface area contributed by atoms with Gasteiger partial charge < -0.3 is 19.5 Å². The Morgan fingerprint density at radius 1 is 1.05 bits per heavy atom. The lowest BCUT2D eigenvalue weighted by Crippen LogP contribution is -2.21. The van der Waals surface area contributed by atoms with Crippen molar-refractivity contribution < 1.29 is 14.2 Å². The highest BCUT2D eigenvalue weighted by atomic mass is 16.5. The number of ether oxygens (including phenoxy) is 3. The molecular weight excluding hydrogens is 254 g/mol. The fourth-order valence-electron chi connectivity index (χ4n) is 1.70. The summed E-state index contributed by atoms with van der Waals surface area (Å²) >= 11 is 0. The maximum atomic E-state index is 5.69. The summed E-state index contributed by atoms with van der Waals surface area (Å²) in [7, 11) is 1.66. The van der Waals surface area contributed by atoms with Gasteiger partial charge in [-0.2, -0.15) is 0 Å². The number of hydrogen-bond donors (Lipinski definition) is 1. The van der Waals surface area contributed by atoms with Crippen molar-refractivity contribution in [3.63, 3.8) is 0 Å². The molecule has 0 aromatic heterocycles. The maximum Gasteiger partial charge on any atom is 0.161 e. The number of rotatable bonds is 9. The lowest BCUT2D eigenvalue weighted by molar-refractivity contribution is 0.0547.